The molecule has 0 N–H and O–H groups in total. The van der Waals surface area contributed by atoms with Crippen molar-refractivity contribution in [2.24, 2.45) is 4.99 Å². The fourth-order valence-corrected chi connectivity index (χ4v) is 2.75. The molecule has 1 aliphatic rings. The number of ether oxygens (including phenoxy) is 1. The third kappa shape index (κ3) is 4.13. The number of carbonyl (C=O) groups excluding carboxylic acids is 1. The molecule has 0 fully saturated rings. The van der Waals surface area contributed by atoms with Gasteiger partial charge in [0.2, 0.25) is 5.90 Å². The molecule has 0 unspecified atom stereocenters. The predicted octanol–water partition coefficient (Wildman–Crippen LogP) is 2.68. The maximum atomic E-state index is 12.0. The maximum Gasteiger partial charge on any atom is 0.363 e. The Hall–Kier alpha value is -2.93. The van der Waals surface area contributed by atoms with Gasteiger partial charge in [0.05, 0.1) is 6.26 Å². The van der Waals surface area contributed by atoms with Crippen LogP contribution < -0.4 is 4.18 Å². The molecule has 2 aromatic rings. The second-order valence-electron chi connectivity index (χ2n) is 5.51. The Bertz CT molecular complexity index is 988. The summed E-state index contributed by atoms with van der Waals surface area (Å²) < 4.78 is 32.2. The Morgan fingerprint density at radius 1 is 1.08 bits per heavy atom. The lowest BCUT2D eigenvalue weighted by Crippen LogP contribution is -2.06. The van der Waals surface area contributed by atoms with Crippen LogP contribution in [0.25, 0.3) is 6.08 Å². The molecule has 3 rings (SSSR count). The van der Waals surface area contributed by atoms with Crippen LogP contribution in [-0.2, 0) is 19.6 Å². The Balaban J connectivity index is 1.86. The quantitative estimate of drug-likeness (QED) is 0.477. The molecule has 0 aromatic heterocycles. The van der Waals surface area contributed by atoms with E-state index >= 15 is 0 Å². The summed E-state index contributed by atoms with van der Waals surface area (Å²) in [4.78, 5) is 16.3. The predicted molar refractivity (Wildman–Crippen MR) is 93.7 cm³/mol. The number of cyclic esters (lactones) is 1. The molecule has 6 nitrogen and oxygen atoms in total. The number of nitrogens with zero attached hydrogens (tertiary/aromatic N) is 1. The summed E-state index contributed by atoms with van der Waals surface area (Å²) in [6.07, 6.45) is 2.54. The molecule has 0 bridgehead atoms. The zero-order chi connectivity index (χ0) is 18.0. The third-order valence-electron chi connectivity index (χ3n) is 3.43. The zero-order valence-corrected chi connectivity index (χ0v) is 14.4. The van der Waals surface area contributed by atoms with Crippen molar-refractivity contribution in [2.45, 2.75) is 6.92 Å². The van der Waals surface area contributed by atoms with Gasteiger partial charge in [-0.3, -0.25) is 0 Å². The van der Waals surface area contributed by atoms with Gasteiger partial charge in [-0.25, -0.2) is 9.79 Å². The van der Waals surface area contributed by atoms with E-state index in [0.29, 0.717) is 5.56 Å². The van der Waals surface area contributed by atoms with Crippen molar-refractivity contribution >= 4 is 28.1 Å². The summed E-state index contributed by atoms with van der Waals surface area (Å²) in [6, 6.07) is 13.7. The Morgan fingerprint density at radius 3 is 2.40 bits per heavy atom. The highest BCUT2D eigenvalue weighted by atomic mass is 32.2. The molecule has 0 amide bonds. The van der Waals surface area contributed by atoms with Crippen LogP contribution in [0, 0.1) is 6.92 Å². The first-order valence-electron chi connectivity index (χ1n) is 7.40. The summed E-state index contributed by atoms with van der Waals surface area (Å²) in [6.45, 7) is 1.91. The van der Waals surface area contributed by atoms with Crippen molar-refractivity contribution in [3.63, 3.8) is 0 Å². The highest BCUT2D eigenvalue weighted by molar-refractivity contribution is 7.86. The SMILES string of the molecule is Cc1ccccc1C1=N/C(=C/c2ccc(OS(C)(=O)=O)cc2)C(=O)O1. The van der Waals surface area contributed by atoms with Crippen LogP contribution in [0.5, 0.6) is 5.75 Å². The molecular weight excluding hydrogens is 342 g/mol. The van der Waals surface area contributed by atoms with E-state index in [9.17, 15) is 13.2 Å². The van der Waals surface area contributed by atoms with E-state index in [1.807, 2.05) is 31.2 Å². The summed E-state index contributed by atoms with van der Waals surface area (Å²) in [5.41, 5.74) is 2.56. The van der Waals surface area contributed by atoms with E-state index in [4.69, 9.17) is 8.92 Å². The van der Waals surface area contributed by atoms with Gasteiger partial charge in [-0.05, 0) is 42.3 Å². The summed E-state index contributed by atoms with van der Waals surface area (Å²) in [5.74, 6) is -0.0659. The van der Waals surface area contributed by atoms with Crippen LogP contribution in [0.1, 0.15) is 16.7 Å². The third-order valence-corrected chi connectivity index (χ3v) is 3.92. The van der Waals surface area contributed by atoms with Crippen LogP contribution >= 0.6 is 0 Å². The topological polar surface area (TPSA) is 82.0 Å². The van der Waals surface area contributed by atoms with E-state index in [1.165, 1.54) is 12.1 Å². The minimum absolute atomic E-state index is 0.176. The van der Waals surface area contributed by atoms with Crippen LogP contribution in [-0.4, -0.2) is 26.5 Å². The first-order valence-corrected chi connectivity index (χ1v) is 9.21. The summed E-state index contributed by atoms with van der Waals surface area (Å²) in [5, 5.41) is 0. The minimum atomic E-state index is -3.57. The molecule has 25 heavy (non-hydrogen) atoms. The van der Waals surface area contributed by atoms with Crippen molar-refractivity contribution in [3.8, 4) is 5.75 Å². The molecule has 0 aliphatic carbocycles. The fourth-order valence-electron chi connectivity index (χ4n) is 2.29. The van der Waals surface area contributed by atoms with E-state index in [2.05, 4.69) is 4.99 Å². The van der Waals surface area contributed by atoms with Crippen molar-refractivity contribution < 1.29 is 22.1 Å². The van der Waals surface area contributed by atoms with E-state index in [1.54, 1.807) is 18.2 Å². The van der Waals surface area contributed by atoms with Gasteiger partial charge in [0.1, 0.15) is 5.75 Å². The largest absolute Gasteiger partial charge is 0.402 e. The highest BCUT2D eigenvalue weighted by Crippen LogP contribution is 2.22. The average molecular weight is 357 g/mol. The standard InChI is InChI=1S/C18H15NO5S/c1-12-5-3-4-6-15(12)17-19-16(18(20)23-17)11-13-7-9-14(10-8-13)24-25(2,21)22/h3-11H,1-2H3/b16-11+. The van der Waals surface area contributed by atoms with E-state index in [0.717, 1.165) is 17.4 Å². The normalized spacial score (nSPS) is 15.8. The molecule has 0 atom stereocenters. The highest BCUT2D eigenvalue weighted by Gasteiger charge is 2.24. The second-order valence-corrected chi connectivity index (χ2v) is 7.08. The number of carbonyl (C=O) groups is 1. The number of hydrogen-bond acceptors (Lipinski definition) is 6. The Kier molecular flexibility index (Phi) is 4.41. The number of benzene rings is 2. The summed E-state index contributed by atoms with van der Waals surface area (Å²) in [7, 11) is -3.57. The van der Waals surface area contributed by atoms with Crippen molar-refractivity contribution in [1.82, 2.24) is 0 Å². The first-order chi connectivity index (χ1) is 11.8. The lowest BCUT2D eigenvalue weighted by Gasteiger charge is -2.02. The van der Waals surface area contributed by atoms with E-state index < -0.39 is 16.1 Å². The number of hydrogen-bond donors (Lipinski definition) is 0. The fraction of sp³-hybridized carbons (Fsp3) is 0.111. The molecule has 0 radical (unpaired) electrons. The summed E-state index contributed by atoms with van der Waals surface area (Å²) >= 11 is 0. The van der Waals surface area contributed by atoms with Gasteiger partial charge in [-0.2, -0.15) is 8.42 Å². The van der Waals surface area contributed by atoms with E-state index in [-0.39, 0.29) is 17.3 Å². The van der Waals surface area contributed by atoms with Gasteiger partial charge in [0.25, 0.3) is 0 Å². The van der Waals surface area contributed by atoms with Crippen molar-refractivity contribution in [2.75, 3.05) is 6.26 Å². The smallest absolute Gasteiger partial charge is 0.363 e. The minimum Gasteiger partial charge on any atom is -0.402 e. The van der Waals surface area contributed by atoms with Crippen molar-refractivity contribution in [1.29, 1.82) is 0 Å². The lowest BCUT2D eigenvalue weighted by molar-refractivity contribution is -0.129. The Morgan fingerprint density at radius 2 is 1.76 bits per heavy atom. The van der Waals surface area contributed by atoms with Crippen molar-refractivity contribution in [3.05, 3.63) is 70.9 Å². The van der Waals surface area contributed by atoms with Crippen LogP contribution in [0.2, 0.25) is 0 Å². The first kappa shape index (κ1) is 16.9. The molecule has 0 spiro atoms. The second kappa shape index (κ2) is 6.52. The van der Waals surface area contributed by atoms with Gasteiger partial charge < -0.3 is 8.92 Å². The molecule has 0 saturated heterocycles. The average Bonchev–Trinajstić information content (AvgIpc) is 2.89. The number of rotatable bonds is 4. The molecular formula is C18H15NO5S. The molecule has 2 aromatic carbocycles. The molecule has 128 valence electrons. The maximum absolute atomic E-state index is 12.0. The van der Waals surface area contributed by atoms with Crippen LogP contribution in [0.4, 0.5) is 0 Å². The number of aliphatic imine (C=N–C) groups is 1. The van der Waals surface area contributed by atoms with Crippen LogP contribution in [0.3, 0.4) is 0 Å². The molecule has 1 aliphatic heterocycles. The van der Waals surface area contributed by atoms with Gasteiger partial charge in [0.15, 0.2) is 5.70 Å². The molecule has 0 saturated carbocycles. The molecule has 1 heterocycles. The van der Waals surface area contributed by atoms with Gasteiger partial charge in [-0.15, -0.1) is 0 Å². The Labute approximate surface area is 145 Å². The monoisotopic (exact) mass is 357 g/mol. The number of aryl methyl sites for hydroxylation is 1. The lowest BCUT2D eigenvalue weighted by atomic mass is 10.1. The molecule has 7 heteroatoms. The van der Waals surface area contributed by atoms with Crippen LogP contribution in [0.15, 0.2) is 59.2 Å². The van der Waals surface area contributed by atoms with Gasteiger partial charge >= 0.3 is 16.1 Å². The van der Waals surface area contributed by atoms with Gasteiger partial charge in [0, 0.05) is 5.56 Å². The van der Waals surface area contributed by atoms with Gasteiger partial charge in [-0.1, -0.05) is 30.3 Å². The number of esters is 1. The zero-order valence-electron chi connectivity index (χ0n) is 13.6.